The van der Waals surface area contributed by atoms with E-state index in [4.69, 9.17) is 5.10 Å². The van der Waals surface area contributed by atoms with Crippen LogP contribution in [0.2, 0.25) is 0 Å². The van der Waals surface area contributed by atoms with E-state index in [0.717, 1.165) is 58.1 Å². The van der Waals surface area contributed by atoms with Crippen molar-refractivity contribution in [3.05, 3.63) is 131 Å². The molecule has 0 bridgehead atoms. The number of amides is 2. The van der Waals surface area contributed by atoms with Crippen LogP contribution >= 0.6 is 0 Å². The molecule has 1 atom stereocenters. The molecule has 0 aliphatic carbocycles. The molecule has 1 unspecified atom stereocenters. The van der Waals surface area contributed by atoms with Gasteiger partial charge < -0.3 is 14.8 Å². The van der Waals surface area contributed by atoms with E-state index in [1.54, 1.807) is 0 Å². The highest BCUT2D eigenvalue weighted by Crippen LogP contribution is 2.39. The summed E-state index contributed by atoms with van der Waals surface area (Å²) in [6, 6.07) is 30.5. The van der Waals surface area contributed by atoms with Crippen LogP contribution in [0.3, 0.4) is 0 Å². The smallest absolute Gasteiger partial charge is 0.308 e. The monoisotopic (exact) mass is 515 g/mol. The largest absolute Gasteiger partial charge is 0.322 e. The van der Waals surface area contributed by atoms with Crippen LogP contribution in [0.4, 0.5) is 10.5 Å². The van der Waals surface area contributed by atoms with Gasteiger partial charge in [0.25, 0.3) is 0 Å². The number of aromatic nitrogens is 3. The predicted molar refractivity (Wildman–Crippen MR) is 156 cm³/mol. The minimum atomic E-state index is -0.282. The highest BCUT2D eigenvalue weighted by Gasteiger charge is 2.36. The molecule has 0 saturated heterocycles. The van der Waals surface area contributed by atoms with E-state index < -0.39 is 0 Å². The lowest BCUT2D eigenvalue weighted by molar-refractivity contribution is 0.194. The van der Waals surface area contributed by atoms with Gasteiger partial charge in [-0.15, -0.1) is 0 Å². The van der Waals surface area contributed by atoms with Crippen LogP contribution in [0.1, 0.15) is 53.5 Å². The fourth-order valence-electron chi connectivity index (χ4n) is 5.59. The summed E-state index contributed by atoms with van der Waals surface area (Å²) in [6.45, 7) is 6.75. The zero-order valence-electron chi connectivity index (χ0n) is 22.6. The molecule has 0 fully saturated rings. The molecule has 6 nitrogen and oxygen atoms in total. The topological polar surface area (TPSA) is 55.1 Å². The Morgan fingerprint density at radius 1 is 0.897 bits per heavy atom. The number of aryl methyl sites for hydroxylation is 3. The fourth-order valence-corrected chi connectivity index (χ4v) is 5.59. The normalized spacial score (nSPS) is 14.4. The molecular formula is C33H33N5O. The molecule has 1 aliphatic rings. The lowest BCUT2D eigenvalue weighted by atomic mass is 10.0. The number of anilines is 1. The van der Waals surface area contributed by atoms with E-state index in [0.29, 0.717) is 6.54 Å². The number of hydrogen-bond acceptors (Lipinski definition) is 2. The highest BCUT2D eigenvalue weighted by atomic mass is 16.2. The van der Waals surface area contributed by atoms with Gasteiger partial charge in [-0.3, -0.25) is 0 Å². The Hall–Kier alpha value is -4.58. The van der Waals surface area contributed by atoms with Crippen molar-refractivity contribution in [3.63, 3.8) is 0 Å². The van der Waals surface area contributed by atoms with Gasteiger partial charge in [0.1, 0.15) is 5.82 Å². The number of para-hydroxylation sites is 2. The minimum absolute atomic E-state index is 0.128. The standard InChI is InChI=1S/C33H33N5O/c1-4-24-12-9-10-15-29(24)34-33(39)37-22-27-28(5-2)35-38(26-13-7-6-8-14-26)32(27)36-21-11-16-30(36)31(37)25-19-17-23(3)18-20-25/h6-21,31H,4-5,22H2,1-3H3,(H,34,39). The third-order valence-electron chi connectivity index (χ3n) is 7.60. The minimum Gasteiger partial charge on any atom is -0.308 e. The summed E-state index contributed by atoms with van der Waals surface area (Å²) in [5.41, 5.74) is 8.29. The number of hydrogen-bond donors (Lipinski definition) is 1. The van der Waals surface area contributed by atoms with Gasteiger partial charge in [0.2, 0.25) is 0 Å². The number of nitrogens with one attached hydrogen (secondary N) is 1. The summed E-state index contributed by atoms with van der Waals surface area (Å²) in [6.07, 6.45) is 3.69. The van der Waals surface area contributed by atoms with Crippen molar-refractivity contribution in [3.8, 4) is 11.5 Å². The van der Waals surface area contributed by atoms with Crippen LogP contribution in [0, 0.1) is 6.92 Å². The average Bonchev–Trinajstić information content (AvgIpc) is 3.55. The zero-order chi connectivity index (χ0) is 26.9. The molecule has 6 heteroatoms. The van der Waals surface area contributed by atoms with Crippen LogP contribution in [0.15, 0.2) is 97.2 Å². The van der Waals surface area contributed by atoms with Crippen LogP contribution in [0.25, 0.3) is 11.5 Å². The second-order valence-corrected chi connectivity index (χ2v) is 10.0. The molecule has 39 heavy (non-hydrogen) atoms. The Morgan fingerprint density at radius 2 is 1.64 bits per heavy atom. The van der Waals surface area contributed by atoms with Gasteiger partial charge in [0, 0.05) is 17.4 Å². The Bertz CT molecular complexity index is 1610. The summed E-state index contributed by atoms with van der Waals surface area (Å²) >= 11 is 0. The first-order valence-corrected chi connectivity index (χ1v) is 13.6. The zero-order valence-corrected chi connectivity index (χ0v) is 22.6. The maximum atomic E-state index is 14.2. The summed E-state index contributed by atoms with van der Waals surface area (Å²) in [5, 5.41) is 8.30. The van der Waals surface area contributed by atoms with Crippen molar-refractivity contribution in [1.29, 1.82) is 0 Å². The number of carbonyl (C=O) groups excluding carboxylic acids is 1. The van der Waals surface area contributed by atoms with Crippen LogP contribution < -0.4 is 5.32 Å². The number of benzene rings is 3. The molecule has 3 heterocycles. The van der Waals surface area contributed by atoms with Gasteiger partial charge in [0.15, 0.2) is 0 Å². The summed E-state index contributed by atoms with van der Waals surface area (Å²) in [4.78, 5) is 16.2. The first kappa shape index (κ1) is 24.7. The van der Waals surface area contributed by atoms with Crippen LogP contribution in [-0.2, 0) is 19.4 Å². The number of fused-ring (bicyclic) bond motifs is 3. The molecule has 1 N–H and O–H groups in total. The van der Waals surface area contributed by atoms with Crippen LogP contribution in [0.5, 0.6) is 0 Å². The molecule has 0 radical (unpaired) electrons. The molecule has 0 saturated carbocycles. The Morgan fingerprint density at radius 3 is 2.38 bits per heavy atom. The van der Waals surface area contributed by atoms with Crippen molar-refractivity contribution in [2.75, 3.05) is 5.32 Å². The summed E-state index contributed by atoms with van der Waals surface area (Å²) in [5.74, 6) is 0.986. The number of nitrogens with zero attached hydrogens (tertiary/aromatic N) is 4. The average molecular weight is 516 g/mol. The second-order valence-electron chi connectivity index (χ2n) is 10.0. The lowest BCUT2D eigenvalue weighted by Gasteiger charge is -2.31. The fraction of sp³-hybridized carbons (Fsp3) is 0.212. The molecule has 5 aromatic rings. The van der Waals surface area contributed by atoms with Crippen molar-refractivity contribution < 1.29 is 4.79 Å². The quantitative estimate of drug-likeness (QED) is 0.268. The van der Waals surface area contributed by atoms with Crippen molar-refractivity contribution in [1.82, 2.24) is 19.2 Å². The molecule has 196 valence electrons. The van der Waals surface area contributed by atoms with Gasteiger partial charge in [0.05, 0.1) is 29.7 Å². The van der Waals surface area contributed by atoms with Crippen molar-refractivity contribution in [2.45, 2.75) is 46.2 Å². The Balaban J connectivity index is 1.55. The summed E-state index contributed by atoms with van der Waals surface area (Å²) < 4.78 is 4.24. The molecule has 1 aliphatic heterocycles. The molecule has 6 rings (SSSR count). The number of carbonyl (C=O) groups is 1. The Labute approximate surface area is 229 Å². The van der Waals surface area contributed by atoms with Crippen LogP contribution in [-0.4, -0.2) is 25.3 Å². The molecule has 2 aromatic heterocycles. The Kier molecular flexibility index (Phi) is 6.53. The molecule has 0 spiro atoms. The van der Waals surface area contributed by atoms with Gasteiger partial charge >= 0.3 is 6.03 Å². The first-order valence-electron chi connectivity index (χ1n) is 13.6. The van der Waals surface area contributed by atoms with E-state index >= 15 is 0 Å². The van der Waals surface area contributed by atoms with Gasteiger partial charge in [-0.05, 0) is 61.2 Å². The first-order chi connectivity index (χ1) is 19.1. The maximum Gasteiger partial charge on any atom is 0.322 e. The van der Waals surface area contributed by atoms with Gasteiger partial charge in [-0.25, -0.2) is 9.48 Å². The van der Waals surface area contributed by atoms with Gasteiger partial charge in [-0.1, -0.05) is 80.1 Å². The highest BCUT2D eigenvalue weighted by molar-refractivity contribution is 5.91. The van der Waals surface area contributed by atoms with E-state index in [1.807, 2.05) is 46.0 Å². The van der Waals surface area contributed by atoms with E-state index in [9.17, 15) is 4.79 Å². The third kappa shape index (κ3) is 4.42. The third-order valence-corrected chi connectivity index (χ3v) is 7.60. The number of rotatable bonds is 5. The maximum absolute atomic E-state index is 14.2. The molecule has 3 aromatic carbocycles. The SMILES string of the molecule is CCc1ccccc1NC(=O)N1Cc2c(CC)nn(-c3ccccc3)c2-n2cccc2C1c1ccc(C)cc1. The van der Waals surface area contributed by atoms with E-state index in [1.165, 1.54) is 5.56 Å². The summed E-state index contributed by atoms with van der Waals surface area (Å²) in [7, 11) is 0. The van der Waals surface area contributed by atoms with Crippen molar-refractivity contribution in [2.24, 2.45) is 0 Å². The predicted octanol–water partition coefficient (Wildman–Crippen LogP) is 7.23. The number of urea groups is 1. The second kappa shape index (κ2) is 10.3. The van der Waals surface area contributed by atoms with E-state index in [-0.39, 0.29) is 12.1 Å². The van der Waals surface area contributed by atoms with E-state index in [2.05, 4.69) is 91.4 Å². The molecule has 2 amide bonds. The van der Waals surface area contributed by atoms with Crippen molar-refractivity contribution >= 4 is 11.7 Å². The van der Waals surface area contributed by atoms with Gasteiger partial charge in [-0.2, -0.15) is 5.10 Å². The molecular weight excluding hydrogens is 482 g/mol. The lowest BCUT2D eigenvalue weighted by Crippen LogP contribution is -2.38.